The zero-order valence-electron chi connectivity index (χ0n) is 9.11. The normalized spacial score (nSPS) is 37.9. The molecule has 1 aromatic heterocycles. The van der Waals surface area contributed by atoms with E-state index in [1.54, 1.807) is 0 Å². The molecule has 2 heteroatoms. The number of hydrogen-bond donors (Lipinski definition) is 1. The predicted octanol–water partition coefficient (Wildman–Crippen LogP) is 3.06. The van der Waals surface area contributed by atoms with E-state index in [1.165, 1.54) is 37.0 Å². The monoisotopic (exact) mass is 221 g/mol. The van der Waals surface area contributed by atoms with Gasteiger partial charge in [0.15, 0.2) is 0 Å². The lowest BCUT2D eigenvalue weighted by Crippen LogP contribution is -2.29. The van der Waals surface area contributed by atoms with Crippen LogP contribution in [0.5, 0.6) is 0 Å². The summed E-state index contributed by atoms with van der Waals surface area (Å²) >= 11 is 1.89. The van der Waals surface area contributed by atoms with Crippen molar-refractivity contribution in [2.24, 2.45) is 23.0 Å². The molecule has 0 aliphatic heterocycles. The van der Waals surface area contributed by atoms with Crippen molar-refractivity contribution in [3.8, 4) is 0 Å². The fourth-order valence-corrected chi connectivity index (χ4v) is 4.03. The van der Waals surface area contributed by atoms with E-state index in [9.17, 15) is 0 Å². The Morgan fingerprint density at radius 3 is 2.80 bits per heavy atom. The summed E-state index contributed by atoms with van der Waals surface area (Å²) in [5.74, 6) is 2.11. The summed E-state index contributed by atoms with van der Waals surface area (Å²) < 4.78 is 0. The van der Waals surface area contributed by atoms with E-state index < -0.39 is 0 Å². The summed E-state index contributed by atoms with van der Waals surface area (Å²) in [7, 11) is 0. The minimum atomic E-state index is 0.511. The lowest BCUT2D eigenvalue weighted by Gasteiger charge is -2.29. The third-order valence-corrected chi connectivity index (χ3v) is 5.31. The summed E-state index contributed by atoms with van der Waals surface area (Å²) in [4.78, 5) is 1.53. The standard InChI is InChI=1S/C13H19NS/c14-9-13(7-10-6-11(10)8-13)4-3-12-2-1-5-15-12/h1-2,5,10-11H,3-4,6-9,14H2. The van der Waals surface area contributed by atoms with Crippen molar-refractivity contribution < 1.29 is 0 Å². The van der Waals surface area contributed by atoms with Crippen LogP contribution in [0.15, 0.2) is 17.5 Å². The van der Waals surface area contributed by atoms with Crippen molar-refractivity contribution in [1.29, 1.82) is 0 Å². The molecule has 0 aromatic carbocycles. The molecule has 2 aliphatic rings. The highest BCUT2D eigenvalue weighted by Crippen LogP contribution is 2.60. The van der Waals surface area contributed by atoms with Crippen molar-refractivity contribution in [2.75, 3.05) is 6.54 Å². The first-order valence-corrected chi connectivity index (χ1v) is 6.92. The molecule has 3 rings (SSSR count). The van der Waals surface area contributed by atoms with Crippen molar-refractivity contribution in [3.05, 3.63) is 22.4 Å². The topological polar surface area (TPSA) is 26.0 Å². The Balaban J connectivity index is 1.61. The summed E-state index contributed by atoms with van der Waals surface area (Å²) in [6.45, 7) is 0.908. The highest BCUT2D eigenvalue weighted by atomic mass is 32.1. The van der Waals surface area contributed by atoms with E-state index in [0.717, 1.165) is 18.4 Å². The highest BCUT2D eigenvalue weighted by molar-refractivity contribution is 7.09. The SMILES string of the molecule is NCC1(CCc2cccs2)CC2CC2C1. The molecule has 0 bridgehead atoms. The largest absolute Gasteiger partial charge is 0.330 e. The maximum absolute atomic E-state index is 5.99. The van der Waals surface area contributed by atoms with Crippen LogP contribution in [0.3, 0.4) is 0 Å². The number of rotatable bonds is 4. The molecule has 2 aliphatic carbocycles. The quantitative estimate of drug-likeness (QED) is 0.831. The van der Waals surface area contributed by atoms with Crippen LogP contribution in [0, 0.1) is 17.3 Å². The molecule has 15 heavy (non-hydrogen) atoms. The highest BCUT2D eigenvalue weighted by Gasteiger charge is 2.52. The molecule has 1 heterocycles. The molecule has 1 nitrogen and oxygen atoms in total. The van der Waals surface area contributed by atoms with Crippen LogP contribution >= 0.6 is 11.3 Å². The van der Waals surface area contributed by atoms with Crippen molar-refractivity contribution in [2.45, 2.75) is 32.1 Å². The third kappa shape index (κ3) is 1.85. The molecule has 1 aromatic rings. The van der Waals surface area contributed by atoms with Gasteiger partial charge < -0.3 is 5.73 Å². The lowest BCUT2D eigenvalue weighted by atomic mass is 9.79. The molecule has 0 spiro atoms. The smallest absolute Gasteiger partial charge is 0.00454 e. The Morgan fingerprint density at radius 1 is 1.40 bits per heavy atom. The molecule has 0 radical (unpaired) electrons. The molecule has 2 atom stereocenters. The zero-order chi connectivity index (χ0) is 10.3. The van der Waals surface area contributed by atoms with Gasteiger partial charge in [-0.2, -0.15) is 0 Å². The van der Waals surface area contributed by atoms with Gasteiger partial charge >= 0.3 is 0 Å². The van der Waals surface area contributed by atoms with Crippen LogP contribution in [0.2, 0.25) is 0 Å². The molecule has 0 saturated heterocycles. The predicted molar refractivity (Wildman–Crippen MR) is 65.0 cm³/mol. The van der Waals surface area contributed by atoms with Crippen LogP contribution in [-0.2, 0) is 6.42 Å². The third-order valence-electron chi connectivity index (χ3n) is 4.37. The molecule has 0 amide bonds. The fourth-order valence-electron chi connectivity index (χ4n) is 3.32. The van der Waals surface area contributed by atoms with Crippen LogP contribution < -0.4 is 5.73 Å². The van der Waals surface area contributed by atoms with Gasteiger partial charge in [0.1, 0.15) is 0 Å². The van der Waals surface area contributed by atoms with Crippen molar-refractivity contribution >= 4 is 11.3 Å². The van der Waals surface area contributed by atoms with Crippen LogP contribution in [0.25, 0.3) is 0 Å². The first kappa shape index (κ1) is 9.86. The number of hydrogen-bond acceptors (Lipinski definition) is 2. The van der Waals surface area contributed by atoms with E-state index in [2.05, 4.69) is 17.5 Å². The molecule has 2 fully saturated rings. The van der Waals surface area contributed by atoms with Gasteiger partial charge in [-0.05, 0) is 67.3 Å². The van der Waals surface area contributed by atoms with Gasteiger partial charge in [0.05, 0.1) is 0 Å². The fraction of sp³-hybridized carbons (Fsp3) is 0.692. The molecule has 2 N–H and O–H groups in total. The second kappa shape index (κ2) is 3.60. The molecule has 82 valence electrons. The van der Waals surface area contributed by atoms with Crippen LogP contribution in [0.4, 0.5) is 0 Å². The summed E-state index contributed by atoms with van der Waals surface area (Å²) in [6.07, 6.45) is 6.89. The maximum atomic E-state index is 5.99. The van der Waals surface area contributed by atoms with Gasteiger partial charge in [0.25, 0.3) is 0 Å². The number of thiophene rings is 1. The van der Waals surface area contributed by atoms with Gasteiger partial charge in [-0.15, -0.1) is 11.3 Å². The number of aryl methyl sites for hydroxylation is 1. The molecular formula is C13H19NS. The van der Waals surface area contributed by atoms with Crippen LogP contribution in [0.1, 0.15) is 30.6 Å². The Morgan fingerprint density at radius 2 is 2.20 bits per heavy atom. The summed E-state index contributed by atoms with van der Waals surface area (Å²) in [5.41, 5.74) is 6.51. The number of fused-ring (bicyclic) bond motifs is 1. The van der Waals surface area contributed by atoms with Gasteiger partial charge in [-0.3, -0.25) is 0 Å². The second-order valence-corrected chi connectivity index (χ2v) is 6.48. The Kier molecular flexibility index (Phi) is 2.37. The first-order chi connectivity index (χ1) is 7.31. The van der Waals surface area contributed by atoms with Gasteiger partial charge in [-0.25, -0.2) is 0 Å². The molecule has 2 unspecified atom stereocenters. The minimum Gasteiger partial charge on any atom is -0.330 e. The minimum absolute atomic E-state index is 0.511. The van der Waals surface area contributed by atoms with Gasteiger partial charge in [0, 0.05) is 4.88 Å². The van der Waals surface area contributed by atoms with E-state index in [4.69, 9.17) is 5.73 Å². The first-order valence-electron chi connectivity index (χ1n) is 6.04. The van der Waals surface area contributed by atoms with Crippen molar-refractivity contribution in [3.63, 3.8) is 0 Å². The Hall–Kier alpha value is -0.340. The summed E-state index contributed by atoms with van der Waals surface area (Å²) in [6, 6.07) is 4.41. The Labute approximate surface area is 95.7 Å². The lowest BCUT2D eigenvalue weighted by molar-refractivity contribution is 0.253. The van der Waals surface area contributed by atoms with E-state index in [0.29, 0.717) is 5.41 Å². The maximum Gasteiger partial charge on any atom is 0.00454 e. The molecular weight excluding hydrogens is 202 g/mol. The van der Waals surface area contributed by atoms with Gasteiger partial charge in [0.2, 0.25) is 0 Å². The average Bonchev–Trinajstić information content (AvgIpc) is 2.75. The van der Waals surface area contributed by atoms with Crippen LogP contribution in [-0.4, -0.2) is 6.54 Å². The average molecular weight is 221 g/mol. The van der Waals surface area contributed by atoms with E-state index >= 15 is 0 Å². The molecule has 2 saturated carbocycles. The Bertz CT molecular complexity index is 320. The van der Waals surface area contributed by atoms with E-state index in [1.807, 2.05) is 11.3 Å². The zero-order valence-corrected chi connectivity index (χ0v) is 9.93. The van der Waals surface area contributed by atoms with Gasteiger partial charge in [-0.1, -0.05) is 6.07 Å². The number of nitrogens with two attached hydrogens (primary N) is 1. The van der Waals surface area contributed by atoms with Crippen molar-refractivity contribution in [1.82, 2.24) is 0 Å². The second-order valence-electron chi connectivity index (χ2n) is 5.45. The summed E-state index contributed by atoms with van der Waals surface area (Å²) in [5, 5.41) is 2.18. The van der Waals surface area contributed by atoms with E-state index in [-0.39, 0.29) is 0 Å².